The van der Waals surface area contributed by atoms with E-state index in [1.165, 1.54) is 24.4 Å². The van der Waals surface area contributed by atoms with E-state index >= 15 is 0 Å². The molecule has 6 nitrogen and oxygen atoms in total. The Morgan fingerprint density at radius 2 is 2.05 bits per heavy atom. The van der Waals surface area contributed by atoms with Crippen molar-refractivity contribution in [1.29, 1.82) is 0 Å². The number of rotatable bonds is 4. The molecule has 21 heavy (non-hydrogen) atoms. The van der Waals surface area contributed by atoms with Crippen molar-refractivity contribution in [3.8, 4) is 11.5 Å². The van der Waals surface area contributed by atoms with Crippen LogP contribution in [0.1, 0.15) is 5.56 Å². The summed E-state index contributed by atoms with van der Waals surface area (Å²) in [6.45, 7) is 0. The highest BCUT2D eigenvalue weighted by Crippen LogP contribution is 2.25. The van der Waals surface area contributed by atoms with E-state index in [-0.39, 0.29) is 17.9 Å². The third-order valence-corrected chi connectivity index (χ3v) is 2.83. The maximum Gasteiger partial charge on any atom is 0.241 e. The minimum atomic E-state index is -0.862. The molecule has 2 rings (SSSR count). The Hall–Kier alpha value is -2.67. The van der Waals surface area contributed by atoms with E-state index in [9.17, 15) is 19.4 Å². The Bertz CT molecular complexity index is 646. The van der Waals surface area contributed by atoms with Crippen LogP contribution in [0.2, 0.25) is 0 Å². The number of pyridine rings is 1. The van der Waals surface area contributed by atoms with Crippen LogP contribution >= 0.6 is 0 Å². The van der Waals surface area contributed by atoms with Gasteiger partial charge in [-0.15, -0.1) is 0 Å². The number of carbonyl (C=O) groups is 1. The predicted molar refractivity (Wildman–Crippen MR) is 74.3 cm³/mol. The van der Waals surface area contributed by atoms with Crippen LogP contribution in [0.4, 0.5) is 10.1 Å². The quantitative estimate of drug-likeness (QED) is 0.499. The van der Waals surface area contributed by atoms with E-state index in [4.69, 9.17) is 5.73 Å². The summed E-state index contributed by atoms with van der Waals surface area (Å²) in [6.07, 6.45) is 1.36. The minimum Gasteiger partial charge on any atom is -0.504 e. The lowest BCUT2D eigenvalue weighted by atomic mass is 10.1. The topological polar surface area (TPSA) is 108 Å². The van der Waals surface area contributed by atoms with Crippen LogP contribution in [0.25, 0.3) is 0 Å². The molecule has 0 bridgehead atoms. The fourth-order valence-corrected chi connectivity index (χ4v) is 1.73. The van der Waals surface area contributed by atoms with Crippen molar-refractivity contribution in [3.05, 3.63) is 48.0 Å². The summed E-state index contributed by atoms with van der Waals surface area (Å²) in [5.74, 6) is -1.62. The Morgan fingerprint density at radius 3 is 2.67 bits per heavy atom. The Morgan fingerprint density at radius 1 is 1.29 bits per heavy atom. The smallest absolute Gasteiger partial charge is 0.241 e. The number of nitrogens with one attached hydrogen (secondary N) is 1. The number of carbonyl (C=O) groups excluding carboxylic acids is 1. The number of aromatic hydroxyl groups is 2. The lowest BCUT2D eigenvalue weighted by molar-refractivity contribution is -0.117. The van der Waals surface area contributed by atoms with E-state index in [0.717, 1.165) is 6.07 Å². The van der Waals surface area contributed by atoms with Gasteiger partial charge < -0.3 is 21.3 Å². The molecule has 1 aromatic heterocycles. The van der Waals surface area contributed by atoms with Crippen molar-refractivity contribution in [2.45, 2.75) is 12.5 Å². The number of nitrogens with two attached hydrogens (primary N) is 1. The number of anilines is 1. The van der Waals surface area contributed by atoms with Crippen molar-refractivity contribution >= 4 is 11.6 Å². The van der Waals surface area contributed by atoms with Crippen molar-refractivity contribution in [3.63, 3.8) is 0 Å². The molecule has 1 amide bonds. The Kier molecular flexibility index (Phi) is 4.34. The molecule has 0 saturated carbocycles. The highest BCUT2D eigenvalue weighted by atomic mass is 19.1. The van der Waals surface area contributed by atoms with E-state index in [2.05, 4.69) is 10.3 Å². The van der Waals surface area contributed by atoms with E-state index in [0.29, 0.717) is 11.3 Å². The van der Waals surface area contributed by atoms with Gasteiger partial charge in [-0.05, 0) is 36.2 Å². The van der Waals surface area contributed by atoms with Crippen molar-refractivity contribution in [1.82, 2.24) is 4.98 Å². The summed E-state index contributed by atoms with van der Waals surface area (Å²) < 4.78 is 12.6. The molecule has 0 spiro atoms. The number of benzene rings is 1. The molecule has 0 unspecified atom stereocenters. The summed E-state index contributed by atoms with van der Waals surface area (Å²) in [6, 6.07) is 5.85. The molecular formula is C14H14FN3O3. The number of phenols is 2. The second-order valence-electron chi connectivity index (χ2n) is 4.49. The molecule has 0 radical (unpaired) electrons. The molecule has 7 heteroatoms. The van der Waals surface area contributed by atoms with Gasteiger partial charge in [-0.2, -0.15) is 4.39 Å². The summed E-state index contributed by atoms with van der Waals surface area (Å²) in [7, 11) is 0. The number of hydrogen-bond donors (Lipinski definition) is 4. The van der Waals surface area contributed by atoms with Gasteiger partial charge in [-0.3, -0.25) is 4.79 Å². The maximum atomic E-state index is 12.6. The summed E-state index contributed by atoms with van der Waals surface area (Å²) in [5, 5.41) is 21.1. The second kappa shape index (κ2) is 6.19. The van der Waals surface area contributed by atoms with Crippen LogP contribution in [0.3, 0.4) is 0 Å². The standard InChI is InChI=1S/C14H14FN3O3/c15-13-4-2-9(7-17-13)18-14(21)10(16)5-8-1-3-11(19)12(20)6-8/h1-4,6-7,10,19-20H,5,16H2,(H,18,21)/t10-/m0/s1. The zero-order chi connectivity index (χ0) is 15.4. The summed E-state index contributed by atoms with van der Waals surface area (Å²) in [4.78, 5) is 15.3. The highest BCUT2D eigenvalue weighted by Gasteiger charge is 2.15. The first-order chi connectivity index (χ1) is 9.95. The first kappa shape index (κ1) is 14.7. The molecule has 5 N–H and O–H groups in total. The molecular weight excluding hydrogens is 277 g/mol. The molecule has 0 fully saturated rings. The Balaban J connectivity index is 1.98. The third kappa shape index (κ3) is 3.90. The van der Waals surface area contributed by atoms with E-state index < -0.39 is 17.9 Å². The van der Waals surface area contributed by atoms with Gasteiger partial charge in [-0.1, -0.05) is 6.07 Å². The average Bonchev–Trinajstić information content (AvgIpc) is 2.45. The molecule has 1 heterocycles. The molecule has 1 atom stereocenters. The average molecular weight is 291 g/mol. The fraction of sp³-hybridized carbons (Fsp3) is 0.143. The second-order valence-corrected chi connectivity index (χ2v) is 4.49. The van der Waals surface area contributed by atoms with Crippen LogP contribution in [-0.4, -0.2) is 27.1 Å². The van der Waals surface area contributed by atoms with Crippen LogP contribution in [0.5, 0.6) is 11.5 Å². The highest BCUT2D eigenvalue weighted by molar-refractivity contribution is 5.94. The molecule has 1 aromatic carbocycles. The van der Waals surface area contributed by atoms with Gasteiger partial charge in [0, 0.05) is 0 Å². The largest absolute Gasteiger partial charge is 0.504 e. The van der Waals surface area contributed by atoms with Gasteiger partial charge in [0.25, 0.3) is 0 Å². The zero-order valence-electron chi connectivity index (χ0n) is 11.0. The minimum absolute atomic E-state index is 0.175. The van der Waals surface area contributed by atoms with E-state index in [1.54, 1.807) is 6.07 Å². The number of hydrogen-bond acceptors (Lipinski definition) is 5. The molecule has 2 aromatic rings. The van der Waals surface area contributed by atoms with Gasteiger partial charge >= 0.3 is 0 Å². The number of amides is 1. The maximum absolute atomic E-state index is 12.6. The van der Waals surface area contributed by atoms with Crippen LogP contribution in [0, 0.1) is 5.95 Å². The van der Waals surface area contributed by atoms with Gasteiger partial charge in [-0.25, -0.2) is 4.98 Å². The molecule has 0 saturated heterocycles. The number of aromatic nitrogens is 1. The van der Waals surface area contributed by atoms with Crippen LogP contribution < -0.4 is 11.1 Å². The zero-order valence-corrected chi connectivity index (χ0v) is 11.0. The summed E-state index contributed by atoms with van der Waals surface area (Å²) >= 11 is 0. The first-order valence-corrected chi connectivity index (χ1v) is 6.14. The monoisotopic (exact) mass is 291 g/mol. The first-order valence-electron chi connectivity index (χ1n) is 6.14. The lowest BCUT2D eigenvalue weighted by Gasteiger charge is -2.12. The van der Waals surface area contributed by atoms with Gasteiger partial charge in [0.2, 0.25) is 11.9 Å². The number of halogens is 1. The SMILES string of the molecule is N[C@@H](Cc1ccc(O)c(O)c1)C(=O)Nc1ccc(F)nc1. The Labute approximate surface area is 120 Å². The van der Waals surface area contributed by atoms with Crippen molar-refractivity contribution in [2.75, 3.05) is 5.32 Å². The predicted octanol–water partition coefficient (Wildman–Crippen LogP) is 1.14. The lowest BCUT2D eigenvalue weighted by Crippen LogP contribution is -2.37. The molecule has 110 valence electrons. The number of phenolic OH excluding ortho intramolecular Hbond substituents is 2. The van der Waals surface area contributed by atoms with Gasteiger partial charge in [0.05, 0.1) is 17.9 Å². The van der Waals surface area contributed by atoms with E-state index in [1.807, 2.05) is 0 Å². The van der Waals surface area contributed by atoms with Crippen molar-refractivity contribution in [2.24, 2.45) is 5.73 Å². The summed E-state index contributed by atoms with van der Waals surface area (Å²) in [5.41, 5.74) is 6.70. The van der Waals surface area contributed by atoms with Crippen molar-refractivity contribution < 1.29 is 19.4 Å². The fourth-order valence-electron chi connectivity index (χ4n) is 1.73. The molecule has 0 aliphatic rings. The van der Waals surface area contributed by atoms with Gasteiger partial charge in [0.1, 0.15) is 0 Å². The van der Waals surface area contributed by atoms with Crippen LogP contribution in [-0.2, 0) is 11.2 Å². The normalized spacial score (nSPS) is 11.9. The van der Waals surface area contributed by atoms with Crippen LogP contribution in [0.15, 0.2) is 36.5 Å². The molecule has 0 aliphatic carbocycles. The third-order valence-electron chi connectivity index (χ3n) is 2.83. The number of nitrogens with zero attached hydrogens (tertiary/aromatic N) is 1. The molecule has 0 aliphatic heterocycles. The van der Waals surface area contributed by atoms with Gasteiger partial charge in [0.15, 0.2) is 11.5 Å².